The molecule has 1 aromatic heterocycles. The SMILES string of the molecule is CSc1ccc(-c2noc(C3CCC(=O)N3Cc3cc(F)cc(F)c3)n2)cc1. The number of carbonyl (C=O) groups excluding carboxylic acids is 1. The Bertz CT molecular complexity index is 987. The molecule has 8 heteroatoms. The van der Waals surface area contributed by atoms with Gasteiger partial charge in [0.15, 0.2) is 0 Å². The Morgan fingerprint density at radius 3 is 2.57 bits per heavy atom. The molecule has 1 aliphatic heterocycles. The number of likely N-dealkylation sites (tertiary alicyclic amines) is 1. The molecule has 0 spiro atoms. The molecule has 1 amide bonds. The van der Waals surface area contributed by atoms with Crippen molar-refractivity contribution < 1.29 is 18.1 Å². The number of hydrogen-bond donors (Lipinski definition) is 0. The van der Waals surface area contributed by atoms with E-state index in [2.05, 4.69) is 10.1 Å². The highest BCUT2D eigenvalue weighted by Gasteiger charge is 2.36. The van der Waals surface area contributed by atoms with Crippen molar-refractivity contribution in [1.82, 2.24) is 15.0 Å². The van der Waals surface area contributed by atoms with E-state index in [1.165, 1.54) is 17.0 Å². The number of rotatable bonds is 5. The lowest BCUT2D eigenvalue weighted by Crippen LogP contribution is -2.27. The molecule has 0 aliphatic carbocycles. The molecule has 0 radical (unpaired) electrons. The van der Waals surface area contributed by atoms with Gasteiger partial charge in [0.1, 0.15) is 17.7 Å². The Kier molecular flexibility index (Phi) is 5.13. The molecule has 2 heterocycles. The molecule has 144 valence electrons. The van der Waals surface area contributed by atoms with Gasteiger partial charge in [-0.05, 0) is 54.6 Å². The van der Waals surface area contributed by atoms with Crippen molar-refractivity contribution in [1.29, 1.82) is 0 Å². The second-order valence-corrected chi connectivity index (χ2v) is 7.42. The average Bonchev–Trinajstić information content (AvgIpc) is 3.29. The zero-order valence-corrected chi connectivity index (χ0v) is 15.9. The first-order valence-electron chi connectivity index (χ1n) is 8.76. The fourth-order valence-corrected chi connectivity index (χ4v) is 3.72. The lowest BCUT2D eigenvalue weighted by Gasteiger charge is -2.22. The molecule has 4 rings (SSSR count). The fraction of sp³-hybridized carbons (Fsp3) is 0.250. The quantitative estimate of drug-likeness (QED) is 0.585. The third-order valence-corrected chi connectivity index (χ3v) is 5.42. The predicted octanol–water partition coefficient (Wildman–Crippen LogP) is 4.60. The van der Waals surface area contributed by atoms with Gasteiger partial charge in [0, 0.05) is 29.5 Å². The first-order valence-corrected chi connectivity index (χ1v) is 9.98. The maximum absolute atomic E-state index is 13.5. The summed E-state index contributed by atoms with van der Waals surface area (Å²) in [6.07, 6.45) is 2.84. The highest BCUT2D eigenvalue weighted by atomic mass is 32.2. The Morgan fingerprint density at radius 2 is 1.89 bits per heavy atom. The van der Waals surface area contributed by atoms with Gasteiger partial charge in [-0.2, -0.15) is 4.98 Å². The maximum Gasteiger partial charge on any atom is 0.249 e. The zero-order valence-electron chi connectivity index (χ0n) is 15.1. The van der Waals surface area contributed by atoms with Gasteiger partial charge in [-0.25, -0.2) is 8.78 Å². The molecule has 28 heavy (non-hydrogen) atoms. The van der Waals surface area contributed by atoms with E-state index in [1.807, 2.05) is 30.5 Å². The molecule has 1 aliphatic rings. The smallest absolute Gasteiger partial charge is 0.249 e. The summed E-state index contributed by atoms with van der Waals surface area (Å²) in [5.74, 6) is -0.692. The van der Waals surface area contributed by atoms with Crippen molar-refractivity contribution in [3.05, 3.63) is 65.6 Å². The molecule has 0 saturated carbocycles. The van der Waals surface area contributed by atoms with Gasteiger partial charge in [-0.1, -0.05) is 5.16 Å². The third-order valence-electron chi connectivity index (χ3n) is 4.68. The lowest BCUT2D eigenvalue weighted by atomic mass is 10.1. The molecule has 2 aromatic carbocycles. The fourth-order valence-electron chi connectivity index (χ4n) is 3.32. The van der Waals surface area contributed by atoms with Crippen LogP contribution in [0.1, 0.15) is 30.3 Å². The van der Waals surface area contributed by atoms with Crippen molar-refractivity contribution >= 4 is 17.7 Å². The molecular weight excluding hydrogens is 384 g/mol. The zero-order chi connectivity index (χ0) is 19.7. The lowest BCUT2D eigenvalue weighted by molar-refractivity contribution is -0.130. The van der Waals surface area contributed by atoms with Crippen LogP contribution in [0.2, 0.25) is 0 Å². The normalized spacial score (nSPS) is 16.8. The predicted molar refractivity (Wildman–Crippen MR) is 100 cm³/mol. The minimum Gasteiger partial charge on any atom is -0.337 e. The molecule has 3 aromatic rings. The summed E-state index contributed by atoms with van der Waals surface area (Å²) in [6, 6.07) is 10.6. The summed E-state index contributed by atoms with van der Waals surface area (Å²) < 4.78 is 32.4. The molecule has 1 atom stereocenters. The van der Waals surface area contributed by atoms with Crippen LogP contribution in [0.25, 0.3) is 11.4 Å². The van der Waals surface area contributed by atoms with Crippen LogP contribution < -0.4 is 0 Å². The van der Waals surface area contributed by atoms with E-state index >= 15 is 0 Å². The van der Waals surface area contributed by atoms with Gasteiger partial charge in [0.05, 0.1) is 0 Å². The van der Waals surface area contributed by atoms with Crippen molar-refractivity contribution in [3.8, 4) is 11.4 Å². The minimum absolute atomic E-state index is 0.0817. The monoisotopic (exact) mass is 401 g/mol. The number of halogens is 2. The van der Waals surface area contributed by atoms with Gasteiger partial charge in [0.25, 0.3) is 0 Å². The summed E-state index contributed by atoms with van der Waals surface area (Å²) in [6.45, 7) is 0.0817. The summed E-state index contributed by atoms with van der Waals surface area (Å²) >= 11 is 1.64. The van der Waals surface area contributed by atoms with E-state index in [0.717, 1.165) is 16.5 Å². The van der Waals surface area contributed by atoms with E-state index in [9.17, 15) is 13.6 Å². The van der Waals surface area contributed by atoms with Gasteiger partial charge >= 0.3 is 0 Å². The van der Waals surface area contributed by atoms with Crippen LogP contribution in [0.3, 0.4) is 0 Å². The van der Waals surface area contributed by atoms with Crippen LogP contribution in [-0.4, -0.2) is 27.2 Å². The van der Waals surface area contributed by atoms with Gasteiger partial charge in [-0.15, -0.1) is 11.8 Å². The number of nitrogens with zero attached hydrogens (tertiary/aromatic N) is 3. The van der Waals surface area contributed by atoms with Gasteiger partial charge in [-0.3, -0.25) is 4.79 Å². The maximum atomic E-state index is 13.5. The van der Waals surface area contributed by atoms with Crippen molar-refractivity contribution in [2.24, 2.45) is 0 Å². The number of aromatic nitrogens is 2. The third kappa shape index (κ3) is 3.77. The summed E-state index contributed by atoms with van der Waals surface area (Å²) in [5, 5.41) is 4.03. The molecule has 1 unspecified atom stereocenters. The van der Waals surface area contributed by atoms with E-state index in [4.69, 9.17) is 4.52 Å². The minimum atomic E-state index is -0.674. The molecule has 1 saturated heterocycles. The first-order chi connectivity index (χ1) is 13.5. The molecule has 0 bridgehead atoms. The van der Waals surface area contributed by atoms with Crippen LogP contribution in [0.4, 0.5) is 8.78 Å². The van der Waals surface area contributed by atoms with Crippen LogP contribution in [0.15, 0.2) is 51.9 Å². The molecule has 0 N–H and O–H groups in total. The number of hydrogen-bond acceptors (Lipinski definition) is 5. The topological polar surface area (TPSA) is 59.2 Å². The number of benzene rings is 2. The van der Waals surface area contributed by atoms with Crippen LogP contribution in [0, 0.1) is 11.6 Å². The van der Waals surface area contributed by atoms with Gasteiger partial charge in [0.2, 0.25) is 17.6 Å². The highest BCUT2D eigenvalue weighted by Crippen LogP contribution is 2.34. The first kappa shape index (κ1) is 18.6. The largest absolute Gasteiger partial charge is 0.337 e. The van der Waals surface area contributed by atoms with E-state index < -0.39 is 17.7 Å². The van der Waals surface area contributed by atoms with E-state index in [-0.39, 0.29) is 12.5 Å². The van der Waals surface area contributed by atoms with E-state index in [1.54, 1.807) is 11.8 Å². The number of amides is 1. The van der Waals surface area contributed by atoms with E-state index in [0.29, 0.717) is 30.1 Å². The summed E-state index contributed by atoms with van der Waals surface area (Å²) in [5.41, 5.74) is 1.20. The van der Waals surface area contributed by atoms with Crippen LogP contribution >= 0.6 is 11.8 Å². The average molecular weight is 401 g/mol. The Labute approximate surface area is 164 Å². The number of thioether (sulfide) groups is 1. The standard InChI is InChI=1S/C20H17F2N3O2S/c1-28-16-4-2-13(3-5-16)19-23-20(27-24-19)17-6-7-18(26)25(17)11-12-8-14(21)10-15(22)9-12/h2-5,8-10,17H,6-7,11H2,1H3. The second kappa shape index (κ2) is 7.71. The van der Waals surface area contributed by atoms with Gasteiger partial charge < -0.3 is 9.42 Å². The summed E-state index contributed by atoms with van der Waals surface area (Å²) in [4.78, 5) is 19.4. The van der Waals surface area contributed by atoms with Crippen molar-refractivity contribution in [3.63, 3.8) is 0 Å². The van der Waals surface area contributed by atoms with Crippen molar-refractivity contribution in [2.45, 2.75) is 30.3 Å². The Balaban J connectivity index is 1.57. The summed E-state index contributed by atoms with van der Waals surface area (Å²) in [7, 11) is 0. The van der Waals surface area contributed by atoms with Crippen LogP contribution in [0.5, 0.6) is 0 Å². The van der Waals surface area contributed by atoms with Crippen molar-refractivity contribution in [2.75, 3.05) is 6.26 Å². The molecule has 5 nitrogen and oxygen atoms in total. The van der Waals surface area contributed by atoms with Crippen LogP contribution in [-0.2, 0) is 11.3 Å². The Morgan fingerprint density at radius 1 is 1.18 bits per heavy atom. The molecule has 1 fully saturated rings. The molecular formula is C20H17F2N3O2S. The Hall–Kier alpha value is -2.74. The second-order valence-electron chi connectivity index (χ2n) is 6.54. The number of carbonyl (C=O) groups is 1. The highest BCUT2D eigenvalue weighted by molar-refractivity contribution is 7.98.